The van der Waals surface area contributed by atoms with Crippen LogP contribution < -0.4 is 5.56 Å². The van der Waals surface area contributed by atoms with E-state index >= 15 is 0 Å². The number of benzene rings is 2. The molecule has 0 bridgehead atoms. The molecule has 0 unspecified atom stereocenters. The van der Waals surface area contributed by atoms with Crippen molar-refractivity contribution >= 4 is 27.2 Å². The third-order valence-corrected chi connectivity index (χ3v) is 5.12. The predicted molar refractivity (Wildman–Crippen MR) is 110 cm³/mol. The summed E-state index contributed by atoms with van der Waals surface area (Å²) in [5, 5.41) is 2.74. The Kier molecular flexibility index (Phi) is 3.72. The first kappa shape index (κ1) is 15.8. The van der Waals surface area contributed by atoms with Crippen LogP contribution in [0.1, 0.15) is 11.3 Å². The highest BCUT2D eigenvalue weighted by atomic mass is 16.1. The molecule has 0 radical (unpaired) electrons. The molecule has 5 aromatic rings. The van der Waals surface area contributed by atoms with Crippen molar-refractivity contribution in [3.05, 3.63) is 107 Å². The second-order valence-corrected chi connectivity index (χ2v) is 6.79. The molecule has 0 amide bonds. The SMILES string of the molecule is O=c1c2c(CCc3ccccc3)nc3ccccc3c2cc2ccccn12. The molecule has 3 nitrogen and oxygen atoms in total. The molecule has 130 valence electrons. The number of pyridine rings is 3. The predicted octanol–water partition coefficient (Wildman–Crippen LogP) is 4.79. The van der Waals surface area contributed by atoms with Gasteiger partial charge in [-0.3, -0.25) is 14.2 Å². The average Bonchev–Trinajstić information content (AvgIpc) is 2.73. The van der Waals surface area contributed by atoms with Gasteiger partial charge in [0.15, 0.2) is 0 Å². The van der Waals surface area contributed by atoms with E-state index in [2.05, 4.69) is 18.2 Å². The van der Waals surface area contributed by atoms with Crippen LogP contribution >= 0.6 is 0 Å². The third kappa shape index (κ3) is 2.68. The second-order valence-electron chi connectivity index (χ2n) is 6.79. The van der Waals surface area contributed by atoms with Gasteiger partial charge < -0.3 is 0 Å². The fourth-order valence-electron chi connectivity index (χ4n) is 3.79. The molecule has 3 aromatic heterocycles. The molecular weight excluding hydrogens is 332 g/mol. The molecular formula is C24H18N2O. The van der Waals surface area contributed by atoms with E-state index in [9.17, 15) is 4.79 Å². The maximum absolute atomic E-state index is 13.3. The standard InChI is InChI=1S/C24H18N2O/c27-24-23-20(16-18-10-6-7-15-26(18)24)19-11-4-5-12-21(19)25-22(23)14-13-17-8-2-1-3-9-17/h1-12,15-16H,13-14H2. The van der Waals surface area contributed by atoms with E-state index in [1.54, 1.807) is 4.40 Å². The van der Waals surface area contributed by atoms with Crippen LogP contribution in [-0.2, 0) is 12.8 Å². The minimum Gasteiger partial charge on any atom is -0.284 e. The Morgan fingerprint density at radius 1 is 0.778 bits per heavy atom. The zero-order valence-electron chi connectivity index (χ0n) is 14.8. The van der Waals surface area contributed by atoms with Gasteiger partial charge in [0.1, 0.15) is 0 Å². The summed E-state index contributed by atoms with van der Waals surface area (Å²) in [5.41, 5.74) is 3.97. The van der Waals surface area contributed by atoms with Gasteiger partial charge in [-0.15, -0.1) is 0 Å². The summed E-state index contributed by atoms with van der Waals surface area (Å²) in [6.07, 6.45) is 3.42. The number of para-hydroxylation sites is 1. The summed E-state index contributed by atoms with van der Waals surface area (Å²) < 4.78 is 1.71. The van der Waals surface area contributed by atoms with E-state index in [-0.39, 0.29) is 5.56 Å². The molecule has 27 heavy (non-hydrogen) atoms. The molecule has 0 aliphatic rings. The zero-order chi connectivity index (χ0) is 18.2. The van der Waals surface area contributed by atoms with Gasteiger partial charge >= 0.3 is 0 Å². The first-order valence-electron chi connectivity index (χ1n) is 9.17. The summed E-state index contributed by atoms with van der Waals surface area (Å²) in [6.45, 7) is 0. The number of hydrogen-bond donors (Lipinski definition) is 0. The first-order valence-corrected chi connectivity index (χ1v) is 9.17. The Hall–Kier alpha value is -3.46. The molecule has 0 atom stereocenters. The molecule has 0 fully saturated rings. The molecule has 0 aliphatic heterocycles. The topological polar surface area (TPSA) is 34.4 Å². The van der Waals surface area contributed by atoms with Crippen molar-refractivity contribution in [2.24, 2.45) is 0 Å². The number of fused-ring (bicyclic) bond motifs is 4. The Morgan fingerprint density at radius 3 is 2.44 bits per heavy atom. The zero-order valence-corrected chi connectivity index (χ0v) is 14.8. The van der Waals surface area contributed by atoms with Crippen LogP contribution in [0.3, 0.4) is 0 Å². The normalized spacial score (nSPS) is 11.4. The maximum Gasteiger partial charge on any atom is 0.264 e. The van der Waals surface area contributed by atoms with Crippen molar-refractivity contribution in [2.45, 2.75) is 12.8 Å². The Bertz CT molecular complexity index is 1340. The van der Waals surface area contributed by atoms with Crippen LogP contribution in [0.5, 0.6) is 0 Å². The van der Waals surface area contributed by atoms with Gasteiger partial charge in [-0.25, -0.2) is 0 Å². The number of rotatable bonds is 3. The van der Waals surface area contributed by atoms with Crippen molar-refractivity contribution in [1.29, 1.82) is 0 Å². The molecule has 3 heteroatoms. The lowest BCUT2D eigenvalue weighted by molar-refractivity contribution is 0.929. The molecule has 0 spiro atoms. The quantitative estimate of drug-likeness (QED) is 0.346. The second kappa shape index (κ2) is 6.36. The van der Waals surface area contributed by atoms with Gasteiger partial charge in [0.2, 0.25) is 0 Å². The fraction of sp³-hybridized carbons (Fsp3) is 0.0833. The molecule has 0 N–H and O–H groups in total. The van der Waals surface area contributed by atoms with Gasteiger partial charge in [-0.05, 0) is 42.7 Å². The first-order chi connectivity index (χ1) is 13.3. The molecule has 3 heterocycles. The minimum absolute atomic E-state index is 0.00409. The summed E-state index contributed by atoms with van der Waals surface area (Å²) in [7, 11) is 0. The summed E-state index contributed by atoms with van der Waals surface area (Å²) in [5.74, 6) is 0. The van der Waals surface area contributed by atoms with Crippen molar-refractivity contribution in [1.82, 2.24) is 9.38 Å². The average molecular weight is 350 g/mol. The van der Waals surface area contributed by atoms with E-state index in [0.717, 1.165) is 45.7 Å². The maximum atomic E-state index is 13.3. The van der Waals surface area contributed by atoms with Crippen molar-refractivity contribution in [3.63, 3.8) is 0 Å². The van der Waals surface area contributed by atoms with E-state index < -0.39 is 0 Å². The van der Waals surface area contributed by atoms with Crippen molar-refractivity contribution in [2.75, 3.05) is 0 Å². The lowest BCUT2D eigenvalue weighted by Crippen LogP contribution is -2.16. The summed E-state index contributed by atoms with van der Waals surface area (Å²) in [4.78, 5) is 18.2. The van der Waals surface area contributed by atoms with E-state index in [4.69, 9.17) is 4.98 Å². The Labute approximate surface area is 156 Å². The van der Waals surface area contributed by atoms with Crippen LogP contribution in [0.15, 0.2) is 89.9 Å². The molecule has 2 aromatic carbocycles. The van der Waals surface area contributed by atoms with Gasteiger partial charge in [-0.1, -0.05) is 54.6 Å². The molecule has 0 aliphatic carbocycles. The van der Waals surface area contributed by atoms with Crippen LogP contribution in [0.4, 0.5) is 0 Å². The van der Waals surface area contributed by atoms with Crippen LogP contribution in [0, 0.1) is 0 Å². The highest BCUT2D eigenvalue weighted by Gasteiger charge is 2.13. The number of aromatic nitrogens is 2. The monoisotopic (exact) mass is 350 g/mol. The van der Waals surface area contributed by atoms with E-state index in [0.29, 0.717) is 0 Å². The lowest BCUT2D eigenvalue weighted by Gasteiger charge is -2.11. The van der Waals surface area contributed by atoms with Gasteiger partial charge in [0, 0.05) is 22.5 Å². The largest absolute Gasteiger partial charge is 0.284 e. The van der Waals surface area contributed by atoms with Crippen LogP contribution in [0.2, 0.25) is 0 Å². The Morgan fingerprint density at radius 2 is 1.56 bits per heavy atom. The molecule has 5 rings (SSSR count). The summed E-state index contributed by atoms with van der Waals surface area (Å²) >= 11 is 0. The van der Waals surface area contributed by atoms with Crippen molar-refractivity contribution < 1.29 is 0 Å². The number of aryl methyl sites for hydroxylation is 2. The summed E-state index contributed by atoms with van der Waals surface area (Å²) in [6, 6.07) is 26.3. The molecule has 0 saturated heterocycles. The molecule has 0 saturated carbocycles. The minimum atomic E-state index is 0.00409. The highest BCUT2D eigenvalue weighted by Crippen LogP contribution is 2.26. The van der Waals surface area contributed by atoms with Crippen LogP contribution in [-0.4, -0.2) is 9.38 Å². The van der Waals surface area contributed by atoms with Gasteiger partial charge in [-0.2, -0.15) is 0 Å². The fourth-order valence-corrected chi connectivity index (χ4v) is 3.79. The van der Waals surface area contributed by atoms with Gasteiger partial charge in [0.05, 0.1) is 16.6 Å². The van der Waals surface area contributed by atoms with Crippen molar-refractivity contribution in [3.8, 4) is 0 Å². The smallest absolute Gasteiger partial charge is 0.264 e. The number of nitrogens with zero attached hydrogens (tertiary/aromatic N) is 2. The van der Waals surface area contributed by atoms with E-state index in [1.165, 1.54) is 5.56 Å². The highest BCUT2D eigenvalue weighted by molar-refractivity contribution is 6.07. The van der Waals surface area contributed by atoms with Gasteiger partial charge in [0.25, 0.3) is 5.56 Å². The lowest BCUT2D eigenvalue weighted by atomic mass is 10.0. The Balaban J connectivity index is 1.80. The number of hydrogen-bond acceptors (Lipinski definition) is 2. The van der Waals surface area contributed by atoms with E-state index in [1.807, 2.05) is 66.9 Å². The van der Waals surface area contributed by atoms with Crippen LogP contribution in [0.25, 0.3) is 27.2 Å². The third-order valence-electron chi connectivity index (χ3n) is 5.12.